The first-order valence-electron chi connectivity index (χ1n) is 10.7. The van der Waals surface area contributed by atoms with Gasteiger partial charge in [0.25, 0.3) is 0 Å². The Morgan fingerprint density at radius 3 is 2.97 bits per heavy atom. The molecule has 8 nitrogen and oxygen atoms in total. The third-order valence-corrected chi connectivity index (χ3v) is 5.28. The van der Waals surface area contributed by atoms with Crippen molar-refractivity contribution in [3.05, 3.63) is 66.6 Å². The van der Waals surface area contributed by atoms with Crippen LogP contribution in [0, 0.1) is 0 Å². The van der Waals surface area contributed by atoms with Gasteiger partial charge in [0.05, 0.1) is 12.1 Å². The van der Waals surface area contributed by atoms with Crippen molar-refractivity contribution in [3.63, 3.8) is 0 Å². The second-order valence-corrected chi connectivity index (χ2v) is 7.60. The number of fused-ring (bicyclic) bond motifs is 2. The average molecular weight is 428 g/mol. The maximum atomic E-state index is 5.64. The summed E-state index contributed by atoms with van der Waals surface area (Å²) < 4.78 is 7.45. The minimum Gasteiger partial charge on any atom is -0.494 e. The second-order valence-electron chi connectivity index (χ2n) is 7.60. The van der Waals surface area contributed by atoms with Crippen molar-refractivity contribution in [3.8, 4) is 5.75 Å². The summed E-state index contributed by atoms with van der Waals surface area (Å²) >= 11 is 0. The van der Waals surface area contributed by atoms with Crippen LogP contribution in [-0.2, 0) is 13.5 Å². The highest BCUT2D eigenvalue weighted by molar-refractivity contribution is 5.85. The molecule has 3 heterocycles. The highest BCUT2D eigenvalue weighted by atomic mass is 16.5. The topological polar surface area (TPSA) is 92.7 Å². The van der Waals surface area contributed by atoms with E-state index >= 15 is 0 Å². The predicted octanol–water partition coefficient (Wildman–Crippen LogP) is 4.64. The molecule has 0 aliphatic rings. The van der Waals surface area contributed by atoms with Crippen LogP contribution >= 0.6 is 0 Å². The number of rotatable bonds is 8. The van der Waals surface area contributed by atoms with Gasteiger partial charge in [0, 0.05) is 54.2 Å². The van der Waals surface area contributed by atoms with Crippen molar-refractivity contribution >= 4 is 39.3 Å². The highest BCUT2D eigenvalue weighted by Crippen LogP contribution is 2.24. The monoisotopic (exact) mass is 427 g/mol. The van der Waals surface area contributed by atoms with Crippen LogP contribution in [0.15, 0.2) is 61.1 Å². The first-order chi connectivity index (χ1) is 15.7. The molecule has 2 aromatic carbocycles. The quantitative estimate of drug-likeness (QED) is 0.334. The molecule has 3 aromatic heterocycles. The van der Waals surface area contributed by atoms with Crippen LogP contribution in [0.1, 0.15) is 12.5 Å². The van der Waals surface area contributed by atoms with Crippen molar-refractivity contribution in [2.24, 2.45) is 7.05 Å². The van der Waals surface area contributed by atoms with Gasteiger partial charge in [-0.3, -0.25) is 4.68 Å². The molecule has 0 spiro atoms. The molecule has 162 valence electrons. The third kappa shape index (κ3) is 4.20. The van der Waals surface area contributed by atoms with E-state index in [4.69, 9.17) is 4.74 Å². The van der Waals surface area contributed by atoms with E-state index in [1.54, 1.807) is 6.20 Å². The summed E-state index contributed by atoms with van der Waals surface area (Å²) in [6, 6.07) is 14.1. The van der Waals surface area contributed by atoms with Gasteiger partial charge in [-0.25, -0.2) is 4.98 Å². The van der Waals surface area contributed by atoms with Gasteiger partial charge in [0.15, 0.2) is 0 Å². The molecule has 0 saturated heterocycles. The summed E-state index contributed by atoms with van der Waals surface area (Å²) in [6.45, 7) is 3.37. The Balaban J connectivity index is 1.24. The number of H-pyrrole nitrogens is 1. The number of hydrogen-bond donors (Lipinski definition) is 3. The van der Waals surface area contributed by atoms with Crippen molar-refractivity contribution < 1.29 is 4.74 Å². The molecule has 0 bridgehead atoms. The minimum absolute atomic E-state index is 0.587. The molecule has 0 atom stereocenters. The summed E-state index contributed by atoms with van der Waals surface area (Å²) in [6.07, 6.45) is 6.63. The summed E-state index contributed by atoms with van der Waals surface area (Å²) in [5, 5.41) is 13.4. The molecule has 0 aliphatic carbocycles. The molecule has 5 aromatic rings. The van der Waals surface area contributed by atoms with Crippen LogP contribution in [0.5, 0.6) is 5.75 Å². The van der Waals surface area contributed by atoms with E-state index in [9.17, 15) is 0 Å². The Bertz CT molecular complexity index is 1370. The summed E-state index contributed by atoms with van der Waals surface area (Å²) in [5.74, 6) is 2.20. The van der Waals surface area contributed by atoms with Crippen LogP contribution in [0.25, 0.3) is 21.8 Å². The Morgan fingerprint density at radius 1 is 1.12 bits per heavy atom. The predicted molar refractivity (Wildman–Crippen MR) is 128 cm³/mol. The maximum Gasteiger partial charge on any atom is 0.224 e. The third-order valence-electron chi connectivity index (χ3n) is 5.28. The van der Waals surface area contributed by atoms with Crippen molar-refractivity contribution in [1.82, 2.24) is 24.7 Å². The largest absolute Gasteiger partial charge is 0.494 e. The van der Waals surface area contributed by atoms with Crippen LogP contribution in [0.4, 0.5) is 17.5 Å². The first kappa shape index (κ1) is 19.9. The van der Waals surface area contributed by atoms with Crippen molar-refractivity contribution in [2.75, 3.05) is 23.8 Å². The van der Waals surface area contributed by atoms with E-state index in [0.29, 0.717) is 12.6 Å². The maximum absolute atomic E-state index is 5.64. The molecule has 0 fully saturated rings. The second kappa shape index (κ2) is 8.58. The lowest BCUT2D eigenvalue weighted by Gasteiger charge is -2.08. The Labute approximate surface area is 185 Å². The Morgan fingerprint density at radius 2 is 2.06 bits per heavy atom. The van der Waals surface area contributed by atoms with E-state index in [-0.39, 0.29) is 0 Å². The fourth-order valence-corrected chi connectivity index (χ4v) is 3.81. The van der Waals surface area contributed by atoms with E-state index in [0.717, 1.165) is 46.6 Å². The van der Waals surface area contributed by atoms with Gasteiger partial charge in [-0.2, -0.15) is 10.1 Å². The summed E-state index contributed by atoms with van der Waals surface area (Å²) in [5.41, 5.74) is 4.21. The number of hydrogen-bond acceptors (Lipinski definition) is 6. The van der Waals surface area contributed by atoms with Gasteiger partial charge >= 0.3 is 0 Å². The highest BCUT2D eigenvalue weighted by Gasteiger charge is 2.07. The van der Waals surface area contributed by atoms with Gasteiger partial charge in [-0.1, -0.05) is 0 Å². The number of benzene rings is 2. The number of aryl methyl sites for hydroxylation is 1. The van der Waals surface area contributed by atoms with Crippen LogP contribution in [-0.4, -0.2) is 37.9 Å². The van der Waals surface area contributed by atoms with E-state index in [2.05, 4.69) is 49.0 Å². The van der Waals surface area contributed by atoms with Crippen molar-refractivity contribution in [1.29, 1.82) is 0 Å². The number of aromatic nitrogens is 5. The smallest absolute Gasteiger partial charge is 0.224 e. The average Bonchev–Trinajstić information content (AvgIpc) is 3.36. The molecule has 8 heteroatoms. The van der Waals surface area contributed by atoms with E-state index < -0.39 is 0 Å². The molecule has 0 radical (unpaired) electrons. The number of nitrogens with one attached hydrogen (secondary N) is 3. The standard InChI is InChI=1S/C24H25N7O/c1-3-32-19-6-7-21-20(13-19)16(14-27-21)8-10-25-24-26-11-9-23(29-24)28-18-5-4-17-15-31(2)30-22(17)12-18/h4-7,9,11-15,27H,3,8,10H2,1-2H3,(H2,25,26,28,29). The molecular weight excluding hydrogens is 402 g/mol. The van der Waals surface area contributed by atoms with E-state index in [1.807, 2.05) is 55.2 Å². The van der Waals surface area contributed by atoms with E-state index in [1.165, 1.54) is 10.9 Å². The van der Waals surface area contributed by atoms with Gasteiger partial charge in [-0.05, 0) is 61.4 Å². The Hall–Kier alpha value is -4.07. The van der Waals surface area contributed by atoms with Crippen molar-refractivity contribution in [2.45, 2.75) is 13.3 Å². The number of aromatic amines is 1. The molecule has 3 N–H and O–H groups in total. The lowest BCUT2D eigenvalue weighted by atomic mass is 10.1. The number of ether oxygens (including phenoxy) is 1. The normalized spacial score (nSPS) is 11.2. The lowest BCUT2D eigenvalue weighted by Crippen LogP contribution is -2.08. The lowest BCUT2D eigenvalue weighted by molar-refractivity contribution is 0.340. The zero-order chi connectivity index (χ0) is 21.9. The molecule has 0 aliphatic heterocycles. The van der Waals surface area contributed by atoms with Crippen LogP contribution in [0.3, 0.4) is 0 Å². The van der Waals surface area contributed by atoms with Crippen LogP contribution in [0.2, 0.25) is 0 Å². The zero-order valence-electron chi connectivity index (χ0n) is 18.1. The molecule has 5 rings (SSSR count). The molecule has 0 amide bonds. The van der Waals surface area contributed by atoms with Crippen LogP contribution < -0.4 is 15.4 Å². The fraction of sp³-hybridized carbons (Fsp3) is 0.208. The zero-order valence-corrected chi connectivity index (χ0v) is 18.1. The minimum atomic E-state index is 0.587. The summed E-state index contributed by atoms with van der Waals surface area (Å²) in [7, 11) is 1.92. The van der Waals surface area contributed by atoms with Gasteiger partial charge in [0.2, 0.25) is 5.95 Å². The SMILES string of the molecule is CCOc1ccc2[nH]cc(CCNc3nccc(Nc4ccc5cn(C)nc5c4)n3)c2c1. The van der Waals surface area contributed by atoms with Gasteiger partial charge < -0.3 is 20.4 Å². The molecular formula is C24H25N7O. The molecule has 0 unspecified atom stereocenters. The first-order valence-corrected chi connectivity index (χ1v) is 10.7. The number of anilines is 3. The number of nitrogens with zero attached hydrogens (tertiary/aromatic N) is 4. The fourth-order valence-electron chi connectivity index (χ4n) is 3.81. The van der Waals surface area contributed by atoms with Gasteiger partial charge in [0.1, 0.15) is 11.6 Å². The van der Waals surface area contributed by atoms with Gasteiger partial charge in [-0.15, -0.1) is 0 Å². The summed E-state index contributed by atoms with van der Waals surface area (Å²) in [4.78, 5) is 12.3. The Kier molecular flexibility index (Phi) is 5.33. The molecule has 32 heavy (non-hydrogen) atoms. The molecule has 0 saturated carbocycles.